The number of furan rings is 1. The molecule has 138 valence electrons. The zero-order valence-corrected chi connectivity index (χ0v) is 13.9. The van der Waals surface area contributed by atoms with Gasteiger partial charge in [-0.05, 0) is 12.1 Å². The number of alkyl halides is 3. The number of amides is 2. The Kier molecular flexibility index (Phi) is 5.98. The summed E-state index contributed by atoms with van der Waals surface area (Å²) < 4.78 is 46.0. The van der Waals surface area contributed by atoms with Gasteiger partial charge in [0.2, 0.25) is 5.91 Å². The Labute approximate surface area is 144 Å². The van der Waals surface area contributed by atoms with Gasteiger partial charge in [0.15, 0.2) is 6.61 Å². The van der Waals surface area contributed by atoms with E-state index in [1.54, 1.807) is 17.4 Å². The lowest BCUT2D eigenvalue weighted by Gasteiger charge is -2.25. The van der Waals surface area contributed by atoms with Crippen LogP contribution in [0.2, 0.25) is 0 Å². The quantitative estimate of drug-likeness (QED) is 0.778. The number of ether oxygens (including phenoxy) is 1. The van der Waals surface area contributed by atoms with E-state index in [-0.39, 0.29) is 5.75 Å². The first kappa shape index (κ1) is 19.2. The molecular formula is C14H15F3N2O5S. The molecule has 0 unspecified atom stereocenters. The molecule has 0 spiro atoms. The van der Waals surface area contributed by atoms with Crippen LogP contribution in [0, 0.1) is 0 Å². The number of nitrogens with zero attached hydrogens (tertiary/aromatic N) is 1. The summed E-state index contributed by atoms with van der Waals surface area (Å²) in [7, 11) is 0. The lowest BCUT2D eigenvalue weighted by molar-refractivity contribution is -0.157. The van der Waals surface area contributed by atoms with Gasteiger partial charge in [-0.15, -0.1) is 11.8 Å². The maximum absolute atomic E-state index is 12.1. The average molecular weight is 380 g/mol. The van der Waals surface area contributed by atoms with Gasteiger partial charge in [0, 0.05) is 12.7 Å². The van der Waals surface area contributed by atoms with E-state index in [4.69, 9.17) is 9.15 Å². The fraction of sp³-hybridized carbons (Fsp3) is 0.500. The van der Waals surface area contributed by atoms with Crippen molar-refractivity contribution in [2.45, 2.75) is 24.5 Å². The van der Waals surface area contributed by atoms with Gasteiger partial charge in [0.1, 0.15) is 23.7 Å². The first-order valence-electron chi connectivity index (χ1n) is 7.13. The summed E-state index contributed by atoms with van der Waals surface area (Å²) in [6.07, 6.45) is -3.12. The third kappa shape index (κ3) is 5.15. The summed E-state index contributed by atoms with van der Waals surface area (Å²) in [5.41, 5.74) is 0. The highest BCUT2D eigenvalue weighted by atomic mass is 32.2. The zero-order valence-electron chi connectivity index (χ0n) is 13.0. The first-order valence-corrected chi connectivity index (χ1v) is 8.18. The molecule has 0 saturated carbocycles. The number of rotatable bonds is 5. The molecule has 1 aromatic heterocycles. The predicted octanol–water partition coefficient (Wildman–Crippen LogP) is 1.46. The summed E-state index contributed by atoms with van der Waals surface area (Å²) >= 11 is 1.28. The number of hydrogen-bond acceptors (Lipinski definition) is 6. The van der Waals surface area contributed by atoms with Crippen molar-refractivity contribution in [3.05, 3.63) is 24.2 Å². The van der Waals surface area contributed by atoms with E-state index >= 15 is 0 Å². The molecule has 2 atom stereocenters. The highest BCUT2D eigenvalue weighted by molar-refractivity contribution is 7.99. The highest BCUT2D eigenvalue weighted by Crippen LogP contribution is 2.41. The molecule has 0 aromatic carbocycles. The van der Waals surface area contributed by atoms with Crippen molar-refractivity contribution in [2.75, 3.05) is 18.9 Å². The van der Waals surface area contributed by atoms with E-state index < -0.39 is 48.5 Å². The van der Waals surface area contributed by atoms with Gasteiger partial charge in [0.25, 0.3) is 5.91 Å². The van der Waals surface area contributed by atoms with Crippen molar-refractivity contribution in [2.24, 2.45) is 0 Å². The molecule has 1 aliphatic heterocycles. The second-order valence-electron chi connectivity index (χ2n) is 5.14. The Bertz CT molecular complexity index is 635. The lowest BCUT2D eigenvalue weighted by Crippen LogP contribution is -2.44. The van der Waals surface area contributed by atoms with Crippen LogP contribution in [0.15, 0.2) is 22.8 Å². The molecule has 0 radical (unpaired) electrons. The fourth-order valence-corrected chi connectivity index (χ4v) is 3.62. The number of carbonyl (C=O) groups is 3. The average Bonchev–Trinajstić information content (AvgIpc) is 3.17. The largest absolute Gasteiger partial charge is 0.466 e. The Morgan fingerprint density at radius 3 is 2.72 bits per heavy atom. The van der Waals surface area contributed by atoms with Crippen LogP contribution in [0.1, 0.15) is 18.1 Å². The molecule has 1 N–H and O–H groups in total. The highest BCUT2D eigenvalue weighted by Gasteiger charge is 2.43. The summed E-state index contributed by atoms with van der Waals surface area (Å²) in [5, 5.41) is 1.08. The maximum Gasteiger partial charge on any atom is 0.405 e. The SMILES string of the molecule is CC(=O)N1[C@@H](C(=O)OCC(=O)NCC(F)(F)F)CS[C@@H]1c1ccco1. The van der Waals surface area contributed by atoms with Crippen LogP contribution in [0.4, 0.5) is 13.2 Å². The third-order valence-electron chi connectivity index (χ3n) is 3.25. The fourth-order valence-electron chi connectivity index (χ4n) is 2.21. The summed E-state index contributed by atoms with van der Waals surface area (Å²) in [5.74, 6) is -1.63. The molecule has 0 aliphatic carbocycles. The third-order valence-corrected chi connectivity index (χ3v) is 4.54. The Balaban J connectivity index is 1.92. The van der Waals surface area contributed by atoms with Crippen molar-refractivity contribution in [3.8, 4) is 0 Å². The van der Waals surface area contributed by atoms with E-state index in [0.717, 1.165) is 0 Å². The number of hydrogen-bond donors (Lipinski definition) is 1. The van der Waals surface area contributed by atoms with Crippen molar-refractivity contribution in [3.63, 3.8) is 0 Å². The van der Waals surface area contributed by atoms with Crippen LogP contribution >= 0.6 is 11.8 Å². The van der Waals surface area contributed by atoms with Crippen LogP contribution < -0.4 is 5.32 Å². The van der Waals surface area contributed by atoms with E-state index in [9.17, 15) is 27.6 Å². The lowest BCUT2D eigenvalue weighted by atomic mass is 10.2. The van der Waals surface area contributed by atoms with Crippen molar-refractivity contribution >= 4 is 29.5 Å². The molecule has 25 heavy (non-hydrogen) atoms. The molecule has 1 aromatic rings. The van der Waals surface area contributed by atoms with E-state index in [2.05, 4.69) is 0 Å². The van der Waals surface area contributed by atoms with Crippen molar-refractivity contribution in [1.29, 1.82) is 0 Å². The molecule has 7 nitrogen and oxygen atoms in total. The molecule has 2 amide bonds. The predicted molar refractivity (Wildman–Crippen MR) is 80.2 cm³/mol. The molecule has 0 bridgehead atoms. The summed E-state index contributed by atoms with van der Waals surface area (Å²) in [6.45, 7) is -1.09. The monoisotopic (exact) mass is 380 g/mol. The zero-order chi connectivity index (χ0) is 18.6. The minimum atomic E-state index is -4.55. The van der Waals surface area contributed by atoms with Gasteiger partial charge in [-0.2, -0.15) is 13.2 Å². The van der Waals surface area contributed by atoms with Crippen LogP contribution in [0.5, 0.6) is 0 Å². The molecule has 2 heterocycles. The molecule has 1 aliphatic rings. The van der Waals surface area contributed by atoms with E-state index in [1.165, 1.54) is 29.8 Å². The second kappa shape index (κ2) is 7.81. The normalized spacial score (nSPS) is 20.4. The molecule has 1 fully saturated rings. The molecule has 11 heteroatoms. The minimum absolute atomic E-state index is 0.216. The smallest absolute Gasteiger partial charge is 0.405 e. The van der Waals surface area contributed by atoms with Crippen molar-refractivity contribution in [1.82, 2.24) is 10.2 Å². The van der Waals surface area contributed by atoms with Gasteiger partial charge in [-0.3, -0.25) is 9.59 Å². The number of nitrogens with one attached hydrogen (secondary N) is 1. The summed E-state index contributed by atoms with van der Waals surface area (Å²) in [6, 6.07) is 2.35. The van der Waals surface area contributed by atoms with Crippen molar-refractivity contribution < 1.29 is 36.7 Å². The second-order valence-corrected chi connectivity index (χ2v) is 6.26. The van der Waals surface area contributed by atoms with Crippen LogP contribution in [-0.2, 0) is 19.1 Å². The number of carbonyl (C=O) groups excluding carboxylic acids is 3. The van der Waals surface area contributed by atoms with Crippen LogP contribution in [0.25, 0.3) is 0 Å². The number of halogens is 3. The Morgan fingerprint density at radius 2 is 2.16 bits per heavy atom. The van der Waals surface area contributed by atoms with Gasteiger partial charge in [-0.25, -0.2) is 4.79 Å². The van der Waals surface area contributed by atoms with E-state index in [0.29, 0.717) is 5.76 Å². The Hall–Kier alpha value is -2.17. The van der Waals surface area contributed by atoms with E-state index in [1.807, 2.05) is 0 Å². The Morgan fingerprint density at radius 1 is 1.44 bits per heavy atom. The maximum atomic E-state index is 12.1. The van der Waals surface area contributed by atoms with Gasteiger partial charge in [0.05, 0.1) is 6.26 Å². The standard InChI is InChI=1S/C14H15F3N2O5S/c1-8(20)19-9(6-25-12(19)10-3-2-4-23-10)13(22)24-5-11(21)18-7-14(15,16)17/h2-4,9,12H,5-7H2,1H3,(H,18,21)/t9-,12-/m1/s1. The number of thioether (sulfide) groups is 1. The summed E-state index contributed by atoms with van der Waals surface area (Å²) in [4.78, 5) is 36.5. The molecular weight excluding hydrogens is 365 g/mol. The van der Waals surface area contributed by atoms with Gasteiger partial charge in [-0.1, -0.05) is 0 Å². The number of esters is 1. The first-order chi connectivity index (χ1) is 11.7. The van der Waals surface area contributed by atoms with Crippen LogP contribution in [0.3, 0.4) is 0 Å². The minimum Gasteiger partial charge on any atom is -0.466 e. The molecule has 1 saturated heterocycles. The van der Waals surface area contributed by atoms with Gasteiger partial charge >= 0.3 is 12.1 Å². The molecule has 2 rings (SSSR count). The van der Waals surface area contributed by atoms with Gasteiger partial charge < -0.3 is 19.4 Å². The van der Waals surface area contributed by atoms with Crippen LogP contribution in [-0.4, -0.2) is 53.8 Å². The topological polar surface area (TPSA) is 88.8 Å².